The number of anilines is 1. The number of ether oxygens (including phenoxy) is 1. The molecule has 0 aliphatic heterocycles. The molecule has 0 atom stereocenters. The zero-order valence-electron chi connectivity index (χ0n) is 17.1. The Morgan fingerprint density at radius 2 is 1.84 bits per heavy atom. The number of carbonyl (C=O) groups excluding carboxylic acids is 1. The lowest BCUT2D eigenvalue weighted by atomic mass is 10.1. The average molecular weight is 423 g/mol. The molecule has 0 spiro atoms. The average Bonchev–Trinajstić information content (AvgIpc) is 3.10. The van der Waals surface area contributed by atoms with E-state index in [9.17, 15) is 13.6 Å². The van der Waals surface area contributed by atoms with Crippen LogP contribution in [0.25, 0.3) is 16.8 Å². The smallest absolute Gasteiger partial charge is 0.278 e. The van der Waals surface area contributed by atoms with Crippen LogP contribution in [0.3, 0.4) is 0 Å². The van der Waals surface area contributed by atoms with Crippen molar-refractivity contribution in [3.63, 3.8) is 0 Å². The minimum absolute atomic E-state index is 0.00426. The topological polar surface area (TPSA) is 81.4 Å². The van der Waals surface area contributed by atoms with E-state index in [1.807, 2.05) is 0 Å². The number of benzene rings is 2. The zero-order valence-corrected chi connectivity index (χ0v) is 17.1. The van der Waals surface area contributed by atoms with E-state index in [-0.39, 0.29) is 23.8 Å². The fourth-order valence-electron chi connectivity index (χ4n) is 3.31. The van der Waals surface area contributed by atoms with Crippen molar-refractivity contribution in [2.24, 2.45) is 0 Å². The maximum absolute atomic E-state index is 14.1. The molecule has 0 bridgehead atoms. The number of aromatic nitrogens is 4. The number of rotatable bonds is 5. The third-order valence-electron chi connectivity index (χ3n) is 4.84. The van der Waals surface area contributed by atoms with Crippen LogP contribution in [-0.2, 0) is 11.3 Å². The maximum Gasteiger partial charge on any atom is 0.278 e. The zero-order chi connectivity index (χ0) is 22.1. The summed E-state index contributed by atoms with van der Waals surface area (Å²) in [5, 5.41) is 15.3. The highest BCUT2D eigenvalue weighted by molar-refractivity contribution is 6.03. The summed E-state index contributed by atoms with van der Waals surface area (Å²) in [6.07, 6.45) is 0. The van der Waals surface area contributed by atoms with Crippen LogP contribution in [0.1, 0.15) is 27.4 Å². The van der Waals surface area contributed by atoms with E-state index in [1.165, 1.54) is 35.9 Å². The molecular formula is C22H19F2N5O2. The number of halogens is 2. The number of nitrogens with zero attached hydrogens (tertiary/aromatic N) is 4. The molecule has 0 radical (unpaired) electrons. The lowest BCUT2D eigenvalue weighted by molar-refractivity contribution is 0.101. The van der Waals surface area contributed by atoms with Crippen molar-refractivity contribution in [1.82, 2.24) is 19.8 Å². The van der Waals surface area contributed by atoms with E-state index < -0.39 is 11.7 Å². The first-order chi connectivity index (χ1) is 14.9. The fourth-order valence-corrected chi connectivity index (χ4v) is 3.31. The maximum atomic E-state index is 14.1. The quantitative estimate of drug-likeness (QED) is 0.523. The van der Waals surface area contributed by atoms with Crippen LogP contribution >= 0.6 is 0 Å². The number of methoxy groups -OCH3 is 1. The molecule has 4 aromatic rings. The SMILES string of the molecule is COCc1nn2c(C)c(C(=O)Nc3ccc(C)cc3F)nnc2c1-c1ccc(F)cc1. The van der Waals surface area contributed by atoms with Crippen molar-refractivity contribution < 1.29 is 18.3 Å². The van der Waals surface area contributed by atoms with E-state index >= 15 is 0 Å². The Hall–Kier alpha value is -3.72. The summed E-state index contributed by atoms with van der Waals surface area (Å²) in [6.45, 7) is 3.61. The van der Waals surface area contributed by atoms with E-state index in [4.69, 9.17) is 4.74 Å². The van der Waals surface area contributed by atoms with Crippen LogP contribution in [0.15, 0.2) is 42.5 Å². The van der Waals surface area contributed by atoms with Crippen molar-refractivity contribution in [1.29, 1.82) is 0 Å². The molecule has 31 heavy (non-hydrogen) atoms. The molecular weight excluding hydrogens is 404 g/mol. The Morgan fingerprint density at radius 3 is 2.52 bits per heavy atom. The van der Waals surface area contributed by atoms with Gasteiger partial charge in [-0.3, -0.25) is 4.79 Å². The Labute approximate surface area is 176 Å². The lowest BCUT2D eigenvalue weighted by Gasteiger charge is -2.09. The molecule has 9 heteroatoms. The first-order valence-electron chi connectivity index (χ1n) is 9.46. The monoisotopic (exact) mass is 423 g/mol. The highest BCUT2D eigenvalue weighted by Crippen LogP contribution is 2.29. The normalized spacial score (nSPS) is 11.1. The number of aryl methyl sites for hydroxylation is 2. The molecule has 0 saturated heterocycles. The Kier molecular flexibility index (Phi) is 5.43. The number of nitrogens with one attached hydrogen (secondary N) is 1. The third kappa shape index (κ3) is 3.87. The molecule has 0 fully saturated rings. The van der Waals surface area contributed by atoms with Crippen LogP contribution in [-0.4, -0.2) is 32.8 Å². The van der Waals surface area contributed by atoms with E-state index in [1.54, 1.807) is 32.0 Å². The van der Waals surface area contributed by atoms with Gasteiger partial charge in [-0.2, -0.15) is 5.10 Å². The van der Waals surface area contributed by atoms with Crippen molar-refractivity contribution >= 4 is 17.2 Å². The summed E-state index contributed by atoms with van der Waals surface area (Å²) in [6, 6.07) is 10.4. The molecule has 0 aliphatic rings. The number of amides is 1. The first-order valence-corrected chi connectivity index (χ1v) is 9.46. The van der Waals surface area contributed by atoms with Crippen LogP contribution < -0.4 is 5.32 Å². The van der Waals surface area contributed by atoms with Gasteiger partial charge in [0.2, 0.25) is 0 Å². The van der Waals surface area contributed by atoms with Gasteiger partial charge in [-0.15, -0.1) is 10.2 Å². The standard InChI is InChI=1S/C22H19F2N5O2/c1-12-4-9-17(16(24)10-12)25-22(30)20-13(2)29-21(27-26-20)19(18(28-29)11-31-3)14-5-7-15(23)8-6-14/h4-10H,11H2,1-3H3,(H,25,30). The Morgan fingerprint density at radius 1 is 1.10 bits per heavy atom. The minimum atomic E-state index is -0.609. The summed E-state index contributed by atoms with van der Waals surface area (Å²) in [4.78, 5) is 12.8. The summed E-state index contributed by atoms with van der Waals surface area (Å²) < 4.78 is 34.2. The molecule has 4 rings (SSSR count). The van der Waals surface area contributed by atoms with Gasteiger partial charge in [0.1, 0.15) is 11.6 Å². The molecule has 0 unspecified atom stereocenters. The second-order valence-corrected chi connectivity index (χ2v) is 7.07. The van der Waals surface area contributed by atoms with Gasteiger partial charge in [0.15, 0.2) is 11.3 Å². The largest absolute Gasteiger partial charge is 0.378 e. The fraction of sp³-hybridized carbons (Fsp3) is 0.182. The van der Waals surface area contributed by atoms with Crippen LogP contribution in [0, 0.1) is 25.5 Å². The number of hydrogen-bond acceptors (Lipinski definition) is 5. The number of carbonyl (C=O) groups is 1. The molecule has 2 aromatic carbocycles. The van der Waals surface area contributed by atoms with Gasteiger partial charge in [0, 0.05) is 7.11 Å². The molecule has 2 heterocycles. The van der Waals surface area contributed by atoms with Crippen LogP contribution in [0.5, 0.6) is 0 Å². The van der Waals surface area contributed by atoms with Gasteiger partial charge in [0.05, 0.1) is 29.2 Å². The van der Waals surface area contributed by atoms with E-state index in [0.29, 0.717) is 28.2 Å². The van der Waals surface area contributed by atoms with Gasteiger partial charge in [-0.25, -0.2) is 13.3 Å². The second-order valence-electron chi connectivity index (χ2n) is 7.07. The van der Waals surface area contributed by atoms with Gasteiger partial charge >= 0.3 is 0 Å². The third-order valence-corrected chi connectivity index (χ3v) is 4.84. The highest BCUT2D eigenvalue weighted by Gasteiger charge is 2.22. The Bertz CT molecular complexity index is 1290. The summed E-state index contributed by atoms with van der Waals surface area (Å²) in [5.41, 5.74) is 3.49. The van der Waals surface area contributed by atoms with Gasteiger partial charge < -0.3 is 10.1 Å². The lowest BCUT2D eigenvalue weighted by Crippen LogP contribution is -2.19. The molecule has 0 saturated carbocycles. The Balaban J connectivity index is 1.78. The summed E-state index contributed by atoms with van der Waals surface area (Å²) >= 11 is 0. The van der Waals surface area contributed by atoms with Gasteiger partial charge in [-0.05, 0) is 49.2 Å². The second kappa shape index (κ2) is 8.19. The first kappa shape index (κ1) is 20.5. The van der Waals surface area contributed by atoms with Crippen molar-refractivity contribution in [3.8, 4) is 11.1 Å². The molecule has 7 nitrogen and oxygen atoms in total. The van der Waals surface area contributed by atoms with Crippen molar-refractivity contribution in [2.75, 3.05) is 12.4 Å². The molecule has 0 aliphatic carbocycles. The highest BCUT2D eigenvalue weighted by atomic mass is 19.1. The number of fused-ring (bicyclic) bond motifs is 1. The van der Waals surface area contributed by atoms with Crippen molar-refractivity contribution in [2.45, 2.75) is 20.5 Å². The predicted molar refractivity (Wildman–Crippen MR) is 111 cm³/mol. The van der Waals surface area contributed by atoms with Crippen LogP contribution in [0.4, 0.5) is 14.5 Å². The molecule has 1 N–H and O–H groups in total. The van der Waals surface area contributed by atoms with Gasteiger partial charge in [0.25, 0.3) is 5.91 Å². The van der Waals surface area contributed by atoms with E-state index in [0.717, 1.165) is 5.56 Å². The predicted octanol–water partition coefficient (Wildman–Crippen LogP) is 4.09. The van der Waals surface area contributed by atoms with Crippen molar-refractivity contribution in [3.05, 3.63) is 76.7 Å². The van der Waals surface area contributed by atoms with E-state index in [2.05, 4.69) is 20.6 Å². The summed E-state index contributed by atoms with van der Waals surface area (Å²) in [7, 11) is 1.53. The summed E-state index contributed by atoms with van der Waals surface area (Å²) in [5.74, 6) is -1.51. The molecule has 1 amide bonds. The van der Waals surface area contributed by atoms with Gasteiger partial charge in [-0.1, -0.05) is 18.2 Å². The number of hydrogen-bond donors (Lipinski definition) is 1. The molecule has 2 aromatic heterocycles. The minimum Gasteiger partial charge on any atom is -0.378 e. The molecule has 158 valence electrons. The van der Waals surface area contributed by atoms with Crippen LogP contribution in [0.2, 0.25) is 0 Å².